The molecule has 0 saturated carbocycles. The third kappa shape index (κ3) is 3.45. The Morgan fingerprint density at radius 3 is 2.32 bits per heavy atom. The van der Waals surface area contributed by atoms with E-state index in [1.165, 1.54) is 0 Å². The minimum Gasteiger partial charge on any atom is -0.477 e. The van der Waals surface area contributed by atoms with Crippen molar-refractivity contribution in [2.24, 2.45) is 0 Å². The Bertz CT molecular complexity index is 795. The highest BCUT2D eigenvalue weighted by Crippen LogP contribution is 2.49. The van der Waals surface area contributed by atoms with E-state index in [0.717, 1.165) is 37.3 Å². The van der Waals surface area contributed by atoms with Crippen LogP contribution in [-0.4, -0.2) is 27.3 Å². The van der Waals surface area contributed by atoms with Crippen molar-refractivity contribution in [3.8, 4) is 0 Å². The van der Waals surface area contributed by atoms with Crippen molar-refractivity contribution in [1.82, 2.24) is 4.98 Å². The van der Waals surface area contributed by atoms with Crippen LogP contribution >= 0.6 is 11.6 Å². The van der Waals surface area contributed by atoms with Crippen LogP contribution < -0.4 is 0 Å². The second-order valence-electron chi connectivity index (χ2n) is 5.39. The van der Waals surface area contributed by atoms with E-state index >= 15 is 0 Å². The Labute approximate surface area is 144 Å². The van der Waals surface area contributed by atoms with Crippen LogP contribution in [0.15, 0.2) is 36.5 Å². The highest BCUT2D eigenvalue weighted by molar-refractivity contribution is 6.31. The monoisotopic (exact) mass is 377 g/mol. The number of pyridine rings is 1. The highest BCUT2D eigenvalue weighted by Gasteiger charge is 2.59. The molecule has 2 N–H and O–H groups in total. The summed E-state index contributed by atoms with van der Waals surface area (Å²) >= 11 is 5.82. The number of carboxylic acid groups (broad SMARTS) is 1. The second kappa shape index (κ2) is 6.61. The SMILES string of the molecule is CC(c1ccc(F)cc1Cl)C(O)(c1ccc(C(=O)O)nc1)C(F)(F)F. The Morgan fingerprint density at radius 2 is 1.88 bits per heavy atom. The van der Waals surface area contributed by atoms with Gasteiger partial charge in [-0.05, 0) is 23.8 Å². The minimum atomic E-state index is -5.13. The summed E-state index contributed by atoms with van der Waals surface area (Å²) in [5, 5.41) is 19.0. The van der Waals surface area contributed by atoms with E-state index in [9.17, 15) is 27.5 Å². The number of nitrogens with zero attached hydrogens (tertiary/aromatic N) is 1. The molecule has 0 saturated heterocycles. The van der Waals surface area contributed by atoms with Crippen LogP contribution in [-0.2, 0) is 5.60 Å². The van der Waals surface area contributed by atoms with Gasteiger partial charge in [-0.1, -0.05) is 30.7 Å². The molecule has 0 spiro atoms. The topological polar surface area (TPSA) is 70.4 Å². The van der Waals surface area contributed by atoms with Gasteiger partial charge in [0.2, 0.25) is 0 Å². The van der Waals surface area contributed by atoms with Crippen LogP contribution in [0.3, 0.4) is 0 Å². The van der Waals surface area contributed by atoms with Gasteiger partial charge in [0.25, 0.3) is 0 Å². The largest absolute Gasteiger partial charge is 0.477 e. The van der Waals surface area contributed by atoms with Gasteiger partial charge >= 0.3 is 12.1 Å². The van der Waals surface area contributed by atoms with Crippen LogP contribution in [0, 0.1) is 5.82 Å². The zero-order valence-corrected chi connectivity index (χ0v) is 13.4. The third-order valence-electron chi connectivity index (χ3n) is 3.91. The average molecular weight is 378 g/mol. The Balaban J connectivity index is 2.59. The van der Waals surface area contributed by atoms with E-state index in [0.29, 0.717) is 6.20 Å². The van der Waals surface area contributed by atoms with Gasteiger partial charge in [0.15, 0.2) is 5.60 Å². The van der Waals surface area contributed by atoms with E-state index in [2.05, 4.69) is 4.98 Å². The Hall–Kier alpha value is -2.19. The molecule has 1 aromatic heterocycles. The molecule has 0 aliphatic rings. The van der Waals surface area contributed by atoms with Crippen LogP contribution in [0.25, 0.3) is 0 Å². The quantitative estimate of drug-likeness (QED) is 0.786. The van der Waals surface area contributed by atoms with E-state index in [-0.39, 0.29) is 10.6 Å². The lowest BCUT2D eigenvalue weighted by Crippen LogP contribution is -2.46. The molecule has 1 heterocycles. The molecule has 0 radical (unpaired) electrons. The highest BCUT2D eigenvalue weighted by atomic mass is 35.5. The number of halogens is 5. The Kier molecular flexibility index (Phi) is 5.06. The molecule has 2 unspecified atom stereocenters. The number of alkyl halides is 3. The van der Waals surface area contributed by atoms with Gasteiger partial charge in [0.1, 0.15) is 11.5 Å². The summed E-state index contributed by atoms with van der Waals surface area (Å²) in [5.41, 5.74) is -4.65. The molecule has 0 aliphatic carbocycles. The summed E-state index contributed by atoms with van der Waals surface area (Å²) in [6, 6.07) is 4.51. The molecule has 2 rings (SSSR count). The van der Waals surface area contributed by atoms with Crippen molar-refractivity contribution in [2.75, 3.05) is 0 Å². The summed E-state index contributed by atoms with van der Waals surface area (Å²) in [4.78, 5) is 14.2. The summed E-state index contributed by atoms with van der Waals surface area (Å²) in [6.45, 7) is 1.08. The van der Waals surface area contributed by atoms with Gasteiger partial charge in [-0.25, -0.2) is 14.2 Å². The van der Waals surface area contributed by atoms with Crippen LogP contribution in [0.1, 0.15) is 34.5 Å². The lowest BCUT2D eigenvalue weighted by molar-refractivity contribution is -0.274. The molecule has 0 fully saturated rings. The number of carbonyl (C=O) groups is 1. The van der Waals surface area contributed by atoms with Crippen molar-refractivity contribution in [3.05, 3.63) is 64.2 Å². The van der Waals surface area contributed by atoms with E-state index < -0.39 is 40.7 Å². The first-order valence-electron chi connectivity index (χ1n) is 6.92. The predicted molar refractivity (Wildman–Crippen MR) is 81.0 cm³/mol. The number of hydrogen-bond donors (Lipinski definition) is 2. The van der Waals surface area contributed by atoms with Crippen molar-refractivity contribution < 1.29 is 32.6 Å². The molecule has 9 heteroatoms. The van der Waals surface area contributed by atoms with E-state index in [4.69, 9.17) is 16.7 Å². The third-order valence-corrected chi connectivity index (χ3v) is 4.24. The average Bonchev–Trinajstić information content (AvgIpc) is 2.52. The first-order chi connectivity index (χ1) is 11.5. The molecule has 2 aromatic rings. The number of benzene rings is 1. The zero-order chi connectivity index (χ0) is 19.0. The fraction of sp³-hybridized carbons (Fsp3) is 0.250. The first kappa shape index (κ1) is 19.1. The number of carboxylic acids is 1. The van der Waals surface area contributed by atoms with Crippen LogP contribution in [0.5, 0.6) is 0 Å². The van der Waals surface area contributed by atoms with Gasteiger partial charge in [-0.3, -0.25) is 0 Å². The smallest absolute Gasteiger partial charge is 0.422 e. The number of aliphatic hydroxyl groups is 1. The van der Waals surface area contributed by atoms with E-state index in [1.54, 1.807) is 0 Å². The van der Waals surface area contributed by atoms with Gasteiger partial charge in [0, 0.05) is 22.7 Å². The summed E-state index contributed by atoms with van der Waals surface area (Å²) in [5.74, 6) is -3.77. The zero-order valence-electron chi connectivity index (χ0n) is 12.7. The number of hydrogen-bond acceptors (Lipinski definition) is 3. The molecule has 0 bridgehead atoms. The summed E-state index contributed by atoms with van der Waals surface area (Å²) in [7, 11) is 0. The number of aromatic nitrogens is 1. The fourth-order valence-electron chi connectivity index (χ4n) is 2.48. The molecule has 2 atom stereocenters. The van der Waals surface area contributed by atoms with Crippen molar-refractivity contribution >= 4 is 17.6 Å². The van der Waals surface area contributed by atoms with Gasteiger partial charge in [0.05, 0.1) is 0 Å². The summed E-state index contributed by atoms with van der Waals surface area (Å²) < 4.78 is 54.2. The molecular formula is C16H12ClF4NO3. The number of rotatable bonds is 4. The molecule has 0 aliphatic heterocycles. The second-order valence-corrected chi connectivity index (χ2v) is 5.80. The molecule has 1 aromatic carbocycles. The van der Waals surface area contributed by atoms with Gasteiger partial charge in [-0.2, -0.15) is 13.2 Å². The molecule has 4 nitrogen and oxygen atoms in total. The maximum absolute atomic E-state index is 13.7. The maximum Gasteiger partial charge on any atom is 0.422 e. The van der Waals surface area contributed by atoms with Crippen LogP contribution in [0.4, 0.5) is 17.6 Å². The minimum absolute atomic E-state index is 0.120. The lowest BCUT2D eigenvalue weighted by atomic mass is 9.78. The van der Waals surface area contributed by atoms with Crippen molar-refractivity contribution in [1.29, 1.82) is 0 Å². The summed E-state index contributed by atoms with van der Waals surface area (Å²) in [6.07, 6.45) is -4.48. The van der Waals surface area contributed by atoms with Crippen molar-refractivity contribution in [3.63, 3.8) is 0 Å². The molecule has 134 valence electrons. The predicted octanol–water partition coefficient (Wildman–Crippen LogP) is 4.13. The maximum atomic E-state index is 13.7. The van der Waals surface area contributed by atoms with Gasteiger partial charge < -0.3 is 10.2 Å². The number of aromatic carboxylic acids is 1. The molecular weight excluding hydrogens is 366 g/mol. The molecule has 25 heavy (non-hydrogen) atoms. The van der Waals surface area contributed by atoms with E-state index in [1.807, 2.05) is 0 Å². The Morgan fingerprint density at radius 1 is 1.24 bits per heavy atom. The normalized spacial score (nSPS) is 15.5. The fourth-order valence-corrected chi connectivity index (χ4v) is 2.81. The van der Waals surface area contributed by atoms with Crippen molar-refractivity contribution in [2.45, 2.75) is 24.6 Å². The first-order valence-corrected chi connectivity index (χ1v) is 7.30. The molecule has 0 amide bonds. The van der Waals surface area contributed by atoms with Crippen LogP contribution in [0.2, 0.25) is 5.02 Å². The standard InChI is InChI=1S/C16H12ClF4NO3/c1-8(11-4-3-10(18)6-12(11)17)15(25,16(19,20)21)9-2-5-13(14(23)24)22-7-9/h2-8,25H,1H3,(H,23,24). The van der Waals surface area contributed by atoms with Gasteiger partial charge in [-0.15, -0.1) is 0 Å². The lowest BCUT2D eigenvalue weighted by Gasteiger charge is -2.36.